The fourth-order valence-electron chi connectivity index (χ4n) is 2.38. The van der Waals surface area contributed by atoms with Crippen LogP contribution in [0.15, 0.2) is 24.4 Å². The van der Waals surface area contributed by atoms with Gasteiger partial charge in [0.05, 0.1) is 0 Å². The average molecular weight is 257 g/mol. The summed E-state index contributed by atoms with van der Waals surface area (Å²) < 4.78 is 0. The summed E-state index contributed by atoms with van der Waals surface area (Å²) in [5.41, 5.74) is 9.09. The molecule has 1 atom stereocenters. The van der Waals surface area contributed by atoms with E-state index in [0.717, 1.165) is 23.3 Å². The SMILES string of the molecule is CCC(C)CN(C)c1ccc(N)c2cnc(C)cc12. The molecule has 0 saturated carbocycles. The Bertz CT molecular complexity index is 577. The van der Waals surface area contributed by atoms with Crippen molar-refractivity contribution >= 4 is 22.1 Å². The van der Waals surface area contributed by atoms with E-state index in [9.17, 15) is 0 Å². The number of nitrogens with two attached hydrogens (primary N) is 1. The quantitative estimate of drug-likeness (QED) is 0.851. The molecule has 2 rings (SSSR count). The molecule has 1 heterocycles. The maximum atomic E-state index is 6.04. The summed E-state index contributed by atoms with van der Waals surface area (Å²) in [4.78, 5) is 6.66. The van der Waals surface area contributed by atoms with Crippen molar-refractivity contribution in [1.29, 1.82) is 0 Å². The molecular weight excluding hydrogens is 234 g/mol. The Morgan fingerprint density at radius 2 is 2.05 bits per heavy atom. The molecule has 1 aromatic heterocycles. The lowest BCUT2D eigenvalue weighted by molar-refractivity contribution is 0.560. The Morgan fingerprint density at radius 3 is 2.74 bits per heavy atom. The van der Waals surface area contributed by atoms with Gasteiger partial charge in [-0.1, -0.05) is 20.3 Å². The lowest BCUT2D eigenvalue weighted by atomic mass is 10.1. The molecule has 0 saturated heterocycles. The minimum absolute atomic E-state index is 0.681. The van der Waals surface area contributed by atoms with Crippen LogP contribution in [0.4, 0.5) is 11.4 Å². The van der Waals surface area contributed by atoms with Crippen molar-refractivity contribution in [3.63, 3.8) is 0 Å². The molecule has 0 aliphatic heterocycles. The first kappa shape index (κ1) is 13.7. The molecular formula is C16H23N3. The summed E-state index contributed by atoms with van der Waals surface area (Å²) in [6.07, 6.45) is 3.07. The Hall–Kier alpha value is -1.77. The zero-order chi connectivity index (χ0) is 14.0. The highest BCUT2D eigenvalue weighted by Gasteiger charge is 2.11. The van der Waals surface area contributed by atoms with Crippen molar-refractivity contribution in [2.45, 2.75) is 27.2 Å². The van der Waals surface area contributed by atoms with E-state index in [0.29, 0.717) is 5.92 Å². The van der Waals surface area contributed by atoms with Crippen molar-refractivity contribution in [2.75, 3.05) is 24.2 Å². The Kier molecular flexibility index (Phi) is 3.93. The molecule has 0 amide bonds. The van der Waals surface area contributed by atoms with E-state index in [2.05, 4.69) is 42.9 Å². The molecule has 19 heavy (non-hydrogen) atoms. The molecule has 0 fully saturated rings. The van der Waals surface area contributed by atoms with Crippen LogP contribution in [0.1, 0.15) is 26.0 Å². The number of hydrogen-bond donors (Lipinski definition) is 1. The number of benzene rings is 1. The van der Waals surface area contributed by atoms with Gasteiger partial charge in [-0.3, -0.25) is 4.98 Å². The standard InChI is InChI=1S/C16H23N3/c1-5-11(2)10-19(4)16-7-6-15(17)14-9-18-12(3)8-13(14)16/h6-9,11H,5,10,17H2,1-4H3. The molecule has 0 aliphatic rings. The number of nitrogens with zero attached hydrogens (tertiary/aromatic N) is 2. The molecule has 3 heteroatoms. The van der Waals surface area contributed by atoms with Crippen molar-refractivity contribution in [2.24, 2.45) is 5.92 Å². The Labute approximate surface area is 115 Å². The molecule has 0 radical (unpaired) electrons. The van der Waals surface area contributed by atoms with Crippen LogP contribution in [0.3, 0.4) is 0 Å². The van der Waals surface area contributed by atoms with Crippen LogP contribution in [-0.2, 0) is 0 Å². The van der Waals surface area contributed by atoms with Crippen molar-refractivity contribution in [1.82, 2.24) is 4.98 Å². The van der Waals surface area contributed by atoms with Crippen LogP contribution in [0.25, 0.3) is 10.8 Å². The van der Waals surface area contributed by atoms with E-state index in [4.69, 9.17) is 5.73 Å². The number of aromatic nitrogens is 1. The van der Waals surface area contributed by atoms with Gasteiger partial charge in [-0.05, 0) is 31.0 Å². The van der Waals surface area contributed by atoms with Gasteiger partial charge in [0.25, 0.3) is 0 Å². The highest BCUT2D eigenvalue weighted by Crippen LogP contribution is 2.30. The number of hydrogen-bond acceptors (Lipinski definition) is 3. The first-order valence-electron chi connectivity index (χ1n) is 6.89. The largest absolute Gasteiger partial charge is 0.398 e. The van der Waals surface area contributed by atoms with Crippen LogP contribution in [0.5, 0.6) is 0 Å². The number of rotatable bonds is 4. The van der Waals surface area contributed by atoms with E-state index >= 15 is 0 Å². The molecule has 2 aromatic rings. The maximum absolute atomic E-state index is 6.04. The van der Waals surface area contributed by atoms with Gasteiger partial charge in [-0.2, -0.15) is 0 Å². The molecule has 1 unspecified atom stereocenters. The topological polar surface area (TPSA) is 42.1 Å². The highest BCUT2D eigenvalue weighted by molar-refractivity contribution is 6.01. The van der Waals surface area contributed by atoms with Gasteiger partial charge in [-0.25, -0.2) is 0 Å². The Balaban J connectivity index is 2.48. The zero-order valence-corrected chi connectivity index (χ0v) is 12.3. The van der Waals surface area contributed by atoms with Crippen molar-refractivity contribution in [3.05, 3.63) is 30.1 Å². The maximum Gasteiger partial charge on any atom is 0.0446 e. The number of nitrogen functional groups attached to an aromatic ring is 1. The van der Waals surface area contributed by atoms with Crippen LogP contribution in [0.2, 0.25) is 0 Å². The highest BCUT2D eigenvalue weighted by atomic mass is 15.1. The average Bonchev–Trinajstić information content (AvgIpc) is 2.38. The minimum atomic E-state index is 0.681. The van der Waals surface area contributed by atoms with Gasteiger partial charge in [0.2, 0.25) is 0 Å². The smallest absolute Gasteiger partial charge is 0.0446 e. The van der Waals surface area contributed by atoms with E-state index < -0.39 is 0 Å². The van der Waals surface area contributed by atoms with Crippen molar-refractivity contribution < 1.29 is 0 Å². The van der Waals surface area contributed by atoms with E-state index in [1.807, 2.05) is 19.2 Å². The second-order valence-electron chi connectivity index (χ2n) is 5.44. The van der Waals surface area contributed by atoms with Gasteiger partial charge in [0.1, 0.15) is 0 Å². The number of pyridine rings is 1. The lowest BCUT2D eigenvalue weighted by Crippen LogP contribution is -2.23. The molecule has 102 valence electrons. The molecule has 0 aliphatic carbocycles. The van der Waals surface area contributed by atoms with Crippen LogP contribution in [0, 0.1) is 12.8 Å². The van der Waals surface area contributed by atoms with Crippen molar-refractivity contribution in [3.8, 4) is 0 Å². The second kappa shape index (κ2) is 5.47. The van der Waals surface area contributed by atoms with E-state index in [1.54, 1.807) is 0 Å². The summed E-state index contributed by atoms with van der Waals surface area (Å²) in [5, 5.41) is 2.23. The fourth-order valence-corrected chi connectivity index (χ4v) is 2.38. The molecule has 0 bridgehead atoms. The lowest BCUT2D eigenvalue weighted by Gasteiger charge is -2.24. The first-order valence-corrected chi connectivity index (χ1v) is 6.89. The zero-order valence-electron chi connectivity index (χ0n) is 12.3. The third kappa shape index (κ3) is 2.80. The van der Waals surface area contributed by atoms with Gasteiger partial charge < -0.3 is 10.6 Å². The van der Waals surface area contributed by atoms with Gasteiger partial charge in [0, 0.05) is 47.6 Å². The van der Waals surface area contributed by atoms with Gasteiger partial charge in [-0.15, -0.1) is 0 Å². The predicted molar refractivity (Wildman–Crippen MR) is 83.6 cm³/mol. The number of fused-ring (bicyclic) bond motifs is 1. The predicted octanol–water partition coefficient (Wildman–Crippen LogP) is 3.61. The third-order valence-corrected chi connectivity index (χ3v) is 3.74. The minimum Gasteiger partial charge on any atom is -0.398 e. The molecule has 0 spiro atoms. The summed E-state index contributed by atoms with van der Waals surface area (Å²) >= 11 is 0. The van der Waals surface area contributed by atoms with E-state index in [1.165, 1.54) is 17.5 Å². The summed E-state index contributed by atoms with van der Waals surface area (Å²) in [6.45, 7) is 7.58. The number of anilines is 2. The molecule has 1 aromatic carbocycles. The summed E-state index contributed by atoms with van der Waals surface area (Å²) in [7, 11) is 2.15. The number of aryl methyl sites for hydroxylation is 1. The first-order chi connectivity index (χ1) is 9.02. The molecule has 3 nitrogen and oxygen atoms in total. The second-order valence-corrected chi connectivity index (χ2v) is 5.44. The fraction of sp³-hybridized carbons (Fsp3) is 0.438. The normalized spacial score (nSPS) is 12.6. The monoisotopic (exact) mass is 257 g/mol. The van der Waals surface area contributed by atoms with Gasteiger partial charge >= 0.3 is 0 Å². The van der Waals surface area contributed by atoms with Crippen LogP contribution >= 0.6 is 0 Å². The third-order valence-electron chi connectivity index (χ3n) is 3.74. The van der Waals surface area contributed by atoms with Crippen LogP contribution < -0.4 is 10.6 Å². The van der Waals surface area contributed by atoms with Crippen LogP contribution in [-0.4, -0.2) is 18.6 Å². The molecule has 2 N–H and O–H groups in total. The van der Waals surface area contributed by atoms with Gasteiger partial charge in [0.15, 0.2) is 0 Å². The Morgan fingerprint density at radius 1 is 1.32 bits per heavy atom. The summed E-state index contributed by atoms with van der Waals surface area (Å²) in [5.74, 6) is 0.681. The summed E-state index contributed by atoms with van der Waals surface area (Å²) in [6, 6.07) is 6.20. The van der Waals surface area contributed by atoms with E-state index in [-0.39, 0.29) is 0 Å².